The number of aliphatic hydroxyl groups excluding tert-OH is 1. The first-order chi connectivity index (χ1) is 11.9. The van der Waals surface area contributed by atoms with Gasteiger partial charge >= 0.3 is 0 Å². The Hall–Kier alpha value is -1.14. The molecule has 0 aliphatic rings. The third-order valence-electron chi connectivity index (χ3n) is 3.91. The third kappa shape index (κ3) is 31.2. The Morgan fingerprint density at radius 2 is 1.04 bits per heavy atom. The zero-order chi connectivity index (χ0) is 19.3. The number of amides is 2. The maximum absolute atomic E-state index is 10.3. The minimum absolute atomic E-state index is 0.239. The largest absolute Gasteiger partial charge is 0.370 e. The Balaban J connectivity index is 0. The molecule has 0 spiro atoms. The first-order valence-corrected chi connectivity index (χ1v) is 9.82. The van der Waals surface area contributed by atoms with E-state index in [4.69, 9.17) is 21.7 Å². The SMILES string of the molecule is CCCCCCCCCC(O)O.NC(=O)CCCCCCCC(N)=O. The van der Waals surface area contributed by atoms with Gasteiger partial charge in [-0.05, 0) is 25.7 Å². The van der Waals surface area contributed by atoms with Gasteiger partial charge in [0.1, 0.15) is 0 Å². The van der Waals surface area contributed by atoms with E-state index in [-0.39, 0.29) is 11.8 Å². The summed E-state index contributed by atoms with van der Waals surface area (Å²) in [4.78, 5) is 20.7. The van der Waals surface area contributed by atoms with Gasteiger partial charge in [0.25, 0.3) is 0 Å². The van der Waals surface area contributed by atoms with E-state index < -0.39 is 6.29 Å². The van der Waals surface area contributed by atoms with Crippen LogP contribution < -0.4 is 11.5 Å². The molecule has 25 heavy (non-hydrogen) atoms. The summed E-state index contributed by atoms with van der Waals surface area (Å²) in [7, 11) is 0. The summed E-state index contributed by atoms with van der Waals surface area (Å²) >= 11 is 0. The van der Waals surface area contributed by atoms with Gasteiger partial charge in [0.15, 0.2) is 6.29 Å². The molecule has 6 nitrogen and oxygen atoms in total. The summed E-state index contributed by atoms with van der Waals surface area (Å²) in [6, 6.07) is 0. The number of rotatable bonds is 16. The Labute approximate surface area is 153 Å². The van der Waals surface area contributed by atoms with Gasteiger partial charge in [-0.15, -0.1) is 0 Å². The summed E-state index contributed by atoms with van der Waals surface area (Å²) in [5, 5.41) is 17.1. The summed E-state index contributed by atoms with van der Waals surface area (Å²) < 4.78 is 0. The molecule has 0 unspecified atom stereocenters. The molecule has 0 atom stereocenters. The van der Waals surface area contributed by atoms with Crippen molar-refractivity contribution in [3.8, 4) is 0 Å². The fraction of sp³-hybridized carbons (Fsp3) is 0.895. The van der Waals surface area contributed by atoms with Gasteiger partial charge in [-0.1, -0.05) is 64.7 Å². The van der Waals surface area contributed by atoms with Gasteiger partial charge in [0, 0.05) is 12.8 Å². The van der Waals surface area contributed by atoms with E-state index in [1.807, 2.05) is 0 Å². The van der Waals surface area contributed by atoms with Crippen LogP contribution in [0, 0.1) is 0 Å². The summed E-state index contributed by atoms with van der Waals surface area (Å²) in [5.41, 5.74) is 9.95. The predicted octanol–water partition coefficient (Wildman–Crippen LogP) is 3.13. The number of carbonyl (C=O) groups excluding carboxylic acids is 2. The van der Waals surface area contributed by atoms with E-state index in [9.17, 15) is 9.59 Å². The minimum Gasteiger partial charge on any atom is -0.370 e. The second-order valence-electron chi connectivity index (χ2n) is 6.59. The van der Waals surface area contributed by atoms with Crippen molar-refractivity contribution in [2.45, 2.75) is 110 Å². The first-order valence-electron chi connectivity index (χ1n) is 9.82. The van der Waals surface area contributed by atoms with Gasteiger partial charge < -0.3 is 21.7 Å². The normalized spacial score (nSPS) is 10.4. The molecule has 0 saturated heterocycles. The summed E-state index contributed by atoms with van der Waals surface area (Å²) in [6.45, 7) is 2.21. The molecule has 6 N–H and O–H groups in total. The van der Waals surface area contributed by atoms with Crippen LogP contribution in [0.4, 0.5) is 0 Å². The van der Waals surface area contributed by atoms with Crippen molar-refractivity contribution in [2.24, 2.45) is 11.5 Å². The Morgan fingerprint density at radius 3 is 1.40 bits per heavy atom. The van der Waals surface area contributed by atoms with Gasteiger partial charge in [-0.3, -0.25) is 9.59 Å². The predicted molar refractivity (Wildman–Crippen MR) is 102 cm³/mol. The molecule has 0 aliphatic heterocycles. The van der Waals surface area contributed by atoms with Crippen LogP contribution in [-0.2, 0) is 9.59 Å². The highest BCUT2D eigenvalue weighted by Gasteiger charge is 1.97. The quantitative estimate of drug-likeness (QED) is 0.249. The molecule has 6 heteroatoms. The van der Waals surface area contributed by atoms with Gasteiger partial charge in [0.05, 0.1) is 0 Å². The van der Waals surface area contributed by atoms with E-state index in [2.05, 4.69) is 6.92 Å². The highest BCUT2D eigenvalue weighted by Crippen LogP contribution is 2.09. The first kappa shape index (κ1) is 26.1. The summed E-state index contributed by atoms with van der Waals surface area (Å²) in [6.07, 6.45) is 13.7. The van der Waals surface area contributed by atoms with Crippen LogP contribution >= 0.6 is 0 Å². The topological polar surface area (TPSA) is 127 Å². The lowest BCUT2D eigenvalue weighted by atomic mass is 10.1. The van der Waals surface area contributed by atoms with Gasteiger partial charge in [0.2, 0.25) is 11.8 Å². The van der Waals surface area contributed by atoms with Crippen LogP contribution in [0.25, 0.3) is 0 Å². The molecule has 0 heterocycles. The monoisotopic (exact) mass is 360 g/mol. The lowest BCUT2D eigenvalue weighted by molar-refractivity contribution is -0.118. The number of hydrogen-bond donors (Lipinski definition) is 4. The molecule has 2 amide bonds. The number of carbonyl (C=O) groups is 2. The van der Waals surface area contributed by atoms with Crippen LogP contribution in [0.15, 0.2) is 0 Å². The minimum atomic E-state index is -1.10. The van der Waals surface area contributed by atoms with Crippen molar-refractivity contribution in [2.75, 3.05) is 0 Å². The van der Waals surface area contributed by atoms with Crippen molar-refractivity contribution < 1.29 is 19.8 Å². The standard InChI is InChI=1S/C10H22O2.C9H18N2O2/c1-2-3-4-5-6-7-8-9-10(11)12;10-8(12)6-4-2-1-3-5-7-9(11)13/h10-12H,2-9H2,1H3;1-7H2,(H2,10,12)(H2,11,13). The molecule has 0 aromatic heterocycles. The molecule has 150 valence electrons. The number of hydrogen-bond acceptors (Lipinski definition) is 4. The van der Waals surface area contributed by atoms with E-state index >= 15 is 0 Å². The number of aliphatic hydroxyl groups is 2. The molecule has 0 saturated carbocycles. The average molecular weight is 361 g/mol. The number of primary amides is 2. The van der Waals surface area contributed by atoms with Crippen molar-refractivity contribution in [3.63, 3.8) is 0 Å². The number of unbranched alkanes of at least 4 members (excludes halogenated alkanes) is 10. The van der Waals surface area contributed by atoms with Crippen LogP contribution in [0.1, 0.15) is 103 Å². The lowest BCUT2D eigenvalue weighted by Crippen LogP contribution is -2.10. The van der Waals surface area contributed by atoms with Gasteiger partial charge in [-0.2, -0.15) is 0 Å². The highest BCUT2D eigenvalue weighted by atomic mass is 16.5. The van der Waals surface area contributed by atoms with Crippen LogP contribution in [-0.4, -0.2) is 28.3 Å². The molecular weight excluding hydrogens is 320 g/mol. The Bertz CT molecular complexity index is 292. The molecule has 0 radical (unpaired) electrons. The zero-order valence-corrected chi connectivity index (χ0v) is 16.0. The summed E-state index contributed by atoms with van der Waals surface area (Å²) in [5.74, 6) is -0.478. The van der Waals surface area contributed by atoms with Gasteiger partial charge in [-0.25, -0.2) is 0 Å². The fourth-order valence-corrected chi connectivity index (χ4v) is 2.41. The van der Waals surface area contributed by atoms with E-state index in [1.165, 1.54) is 32.1 Å². The Morgan fingerprint density at radius 1 is 0.680 bits per heavy atom. The van der Waals surface area contributed by atoms with E-state index in [0.717, 1.165) is 44.9 Å². The second-order valence-corrected chi connectivity index (χ2v) is 6.59. The maximum atomic E-state index is 10.3. The molecule has 0 aromatic carbocycles. The number of nitrogens with two attached hydrogens (primary N) is 2. The molecule has 0 bridgehead atoms. The third-order valence-corrected chi connectivity index (χ3v) is 3.91. The fourth-order valence-electron chi connectivity index (χ4n) is 2.41. The van der Waals surface area contributed by atoms with Crippen molar-refractivity contribution >= 4 is 11.8 Å². The molecular formula is C19H40N2O4. The van der Waals surface area contributed by atoms with E-state index in [0.29, 0.717) is 19.3 Å². The molecule has 0 aromatic rings. The molecule has 0 aliphatic carbocycles. The van der Waals surface area contributed by atoms with Crippen molar-refractivity contribution in [1.29, 1.82) is 0 Å². The average Bonchev–Trinajstić information content (AvgIpc) is 2.53. The van der Waals surface area contributed by atoms with Crippen LogP contribution in [0.2, 0.25) is 0 Å². The molecule has 0 fully saturated rings. The second kappa shape index (κ2) is 20.9. The highest BCUT2D eigenvalue weighted by molar-refractivity contribution is 5.73. The Kier molecular flexibility index (Phi) is 21.8. The zero-order valence-electron chi connectivity index (χ0n) is 16.0. The maximum Gasteiger partial charge on any atom is 0.217 e. The lowest BCUT2D eigenvalue weighted by Gasteiger charge is -2.02. The van der Waals surface area contributed by atoms with Crippen molar-refractivity contribution in [3.05, 3.63) is 0 Å². The van der Waals surface area contributed by atoms with Crippen LogP contribution in [0.3, 0.4) is 0 Å². The van der Waals surface area contributed by atoms with Crippen LogP contribution in [0.5, 0.6) is 0 Å². The van der Waals surface area contributed by atoms with E-state index in [1.54, 1.807) is 0 Å². The molecule has 0 rings (SSSR count). The smallest absolute Gasteiger partial charge is 0.217 e. The van der Waals surface area contributed by atoms with Crippen molar-refractivity contribution in [1.82, 2.24) is 0 Å².